The third-order valence-corrected chi connectivity index (χ3v) is 5.19. The monoisotopic (exact) mass is 475 g/mol. The van der Waals surface area contributed by atoms with Crippen LogP contribution >= 0.6 is 0 Å². The zero-order valence-electron chi connectivity index (χ0n) is 20.2. The zero-order valence-corrected chi connectivity index (χ0v) is 20.2. The molecular formula is C27H29N3O5. The number of rotatable bonds is 9. The first-order valence-corrected chi connectivity index (χ1v) is 11.1. The van der Waals surface area contributed by atoms with Crippen LogP contribution in [0.15, 0.2) is 60.7 Å². The molecule has 3 rings (SSSR count). The number of benzene rings is 3. The molecule has 182 valence electrons. The van der Waals surface area contributed by atoms with Crippen LogP contribution in [0.3, 0.4) is 0 Å². The number of methoxy groups -OCH3 is 1. The summed E-state index contributed by atoms with van der Waals surface area (Å²) in [6, 6.07) is 17.3. The predicted molar refractivity (Wildman–Crippen MR) is 135 cm³/mol. The minimum atomic E-state index is -0.389. The molecule has 0 unspecified atom stereocenters. The Balaban J connectivity index is 1.46. The number of ether oxygens (including phenoxy) is 2. The van der Waals surface area contributed by atoms with E-state index >= 15 is 0 Å². The van der Waals surface area contributed by atoms with Crippen molar-refractivity contribution in [1.82, 2.24) is 5.32 Å². The fourth-order valence-electron chi connectivity index (χ4n) is 3.57. The van der Waals surface area contributed by atoms with Gasteiger partial charge in [0.05, 0.1) is 13.7 Å². The highest BCUT2D eigenvalue weighted by Crippen LogP contribution is 2.22. The Morgan fingerprint density at radius 3 is 2.14 bits per heavy atom. The number of carbonyl (C=O) groups is 3. The second kappa shape index (κ2) is 11.7. The molecule has 0 atom stereocenters. The Morgan fingerprint density at radius 1 is 0.800 bits per heavy atom. The summed E-state index contributed by atoms with van der Waals surface area (Å²) in [5.74, 6) is 0.0428. The van der Waals surface area contributed by atoms with Gasteiger partial charge in [-0.15, -0.1) is 0 Å². The molecule has 0 fully saturated rings. The first-order valence-electron chi connectivity index (χ1n) is 11.1. The summed E-state index contributed by atoms with van der Waals surface area (Å²) in [5, 5.41) is 8.19. The molecule has 0 aromatic heterocycles. The van der Waals surface area contributed by atoms with Crippen LogP contribution in [0.4, 0.5) is 11.4 Å². The van der Waals surface area contributed by atoms with Gasteiger partial charge in [0.1, 0.15) is 11.5 Å². The number of hydrogen-bond donors (Lipinski definition) is 3. The molecule has 0 spiro atoms. The van der Waals surface area contributed by atoms with E-state index in [-0.39, 0.29) is 30.9 Å². The van der Waals surface area contributed by atoms with Crippen molar-refractivity contribution in [2.24, 2.45) is 0 Å². The van der Waals surface area contributed by atoms with Crippen molar-refractivity contribution >= 4 is 29.1 Å². The first-order chi connectivity index (χ1) is 16.7. The maximum Gasteiger partial charge on any atom is 0.262 e. The molecule has 0 aliphatic carbocycles. The highest BCUT2D eigenvalue weighted by atomic mass is 16.5. The van der Waals surface area contributed by atoms with E-state index < -0.39 is 0 Å². The van der Waals surface area contributed by atoms with Crippen molar-refractivity contribution in [2.75, 3.05) is 30.9 Å². The maximum atomic E-state index is 12.4. The molecule has 3 amide bonds. The molecule has 0 radical (unpaired) electrons. The molecule has 0 heterocycles. The van der Waals surface area contributed by atoms with E-state index in [0.717, 1.165) is 22.4 Å². The van der Waals surface area contributed by atoms with Crippen molar-refractivity contribution < 1.29 is 23.9 Å². The Labute approximate surface area is 204 Å². The van der Waals surface area contributed by atoms with Crippen molar-refractivity contribution in [3.63, 3.8) is 0 Å². The van der Waals surface area contributed by atoms with Crippen LogP contribution < -0.4 is 25.4 Å². The highest BCUT2D eigenvalue weighted by Gasteiger charge is 2.12. The lowest BCUT2D eigenvalue weighted by Gasteiger charge is -2.13. The summed E-state index contributed by atoms with van der Waals surface area (Å²) in [5.41, 5.74) is 4.78. The fraction of sp³-hybridized carbons (Fsp3) is 0.222. The third-order valence-electron chi connectivity index (χ3n) is 5.19. The molecule has 0 saturated carbocycles. The maximum absolute atomic E-state index is 12.4. The number of anilines is 2. The molecule has 8 nitrogen and oxygen atoms in total. The summed E-state index contributed by atoms with van der Waals surface area (Å²) in [7, 11) is 1.55. The summed E-state index contributed by atoms with van der Waals surface area (Å²) in [4.78, 5) is 36.8. The van der Waals surface area contributed by atoms with E-state index in [1.165, 1.54) is 0 Å². The van der Waals surface area contributed by atoms with E-state index in [1.54, 1.807) is 55.6 Å². The Kier molecular flexibility index (Phi) is 8.45. The molecule has 0 aliphatic heterocycles. The second-order valence-electron chi connectivity index (χ2n) is 8.10. The van der Waals surface area contributed by atoms with Gasteiger partial charge in [-0.1, -0.05) is 23.8 Å². The zero-order chi connectivity index (χ0) is 25.4. The standard InChI is InChI=1S/C27H29N3O5/c1-17-12-18(2)26(19(3)13-17)30-24(31)15-28-27(33)20-8-10-22(11-9-20)35-16-25(32)29-21-6-5-7-23(14-21)34-4/h5-14H,15-16H2,1-4H3,(H,28,33)(H,29,32)(H,30,31). The van der Waals surface area contributed by atoms with E-state index in [4.69, 9.17) is 9.47 Å². The molecule has 3 aromatic carbocycles. The number of nitrogens with one attached hydrogen (secondary N) is 3. The topological polar surface area (TPSA) is 106 Å². The molecule has 0 aliphatic rings. The van der Waals surface area contributed by atoms with Crippen LogP contribution in [0.2, 0.25) is 0 Å². The SMILES string of the molecule is COc1cccc(NC(=O)COc2ccc(C(=O)NCC(=O)Nc3c(C)cc(C)cc3C)cc2)c1. The average molecular weight is 476 g/mol. The summed E-state index contributed by atoms with van der Waals surface area (Å²) < 4.78 is 10.6. The van der Waals surface area contributed by atoms with Crippen LogP contribution in [0, 0.1) is 20.8 Å². The van der Waals surface area contributed by atoms with Crippen molar-refractivity contribution in [3.8, 4) is 11.5 Å². The van der Waals surface area contributed by atoms with Gasteiger partial charge in [0.2, 0.25) is 5.91 Å². The van der Waals surface area contributed by atoms with Crippen molar-refractivity contribution in [1.29, 1.82) is 0 Å². The molecule has 3 aromatic rings. The van der Waals surface area contributed by atoms with Crippen LogP contribution in [0.5, 0.6) is 11.5 Å². The number of hydrogen-bond acceptors (Lipinski definition) is 5. The minimum absolute atomic E-state index is 0.158. The van der Waals surface area contributed by atoms with Gasteiger partial charge in [-0.2, -0.15) is 0 Å². The minimum Gasteiger partial charge on any atom is -0.497 e. The van der Waals surface area contributed by atoms with Gasteiger partial charge >= 0.3 is 0 Å². The molecule has 8 heteroatoms. The van der Waals surface area contributed by atoms with Crippen LogP contribution in [0.1, 0.15) is 27.0 Å². The van der Waals surface area contributed by atoms with E-state index in [2.05, 4.69) is 16.0 Å². The fourth-order valence-corrected chi connectivity index (χ4v) is 3.57. The molecule has 3 N–H and O–H groups in total. The summed E-state index contributed by atoms with van der Waals surface area (Å²) in [6.07, 6.45) is 0. The lowest BCUT2D eigenvalue weighted by atomic mass is 10.1. The molecular weight excluding hydrogens is 446 g/mol. The van der Waals surface area contributed by atoms with Gasteiger partial charge in [-0.25, -0.2) is 0 Å². The molecule has 0 bridgehead atoms. The number of aryl methyl sites for hydroxylation is 3. The lowest BCUT2D eigenvalue weighted by Crippen LogP contribution is -2.33. The summed E-state index contributed by atoms with van der Waals surface area (Å²) >= 11 is 0. The van der Waals surface area contributed by atoms with Crippen molar-refractivity contribution in [2.45, 2.75) is 20.8 Å². The van der Waals surface area contributed by atoms with Gasteiger partial charge in [-0.3, -0.25) is 14.4 Å². The number of amides is 3. The van der Waals surface area contributed by atoms with E-state index in [9.17, 15) is 14.4 Å². The van der Waals surface area contributed by atoms with Gasteiger partial charge in [0.25, 0.3) is 11.8 Å². The summed E-state index contributed by atoms with van der Waals surface area (Å²) in [6.45, 7) is 5.51. The van der Waals surface area contributed by atoms with Crippen molar-refractivity contribution in [3.05, 3.63) is 82.9 Å². The second-order valence-corrected chi connectivity index (χ2v) is 8.10. The van der Waals surface area contributed by atoms with Gasteiger partial charge < -0.3 is 25.4 Å². The van der Waals surface area contributed by atoms with Gasteiger partial charge in [0.15, 0.2) is 6.61 Å². The van der Waals surface area contributed by atoms with E-state index in [0.29, 0.717) is 22.7 Å². The quantitative estimate of drug-likeness (QED) is 0.434. The third kappa shape index (κ3) is 7.33. The van der Waals surface area contributed by atoms with Gasteiger partial charge in [-0.05, 0) is 68.3 Å². The largest absolute Gasteiger partial charge is 0.497 e. The predicted octanol–water partition coefficient (Wildman–Crippen LogP) is 4.01. The Morgan fingerprint density at radius 2 is 1.49 bits per heavy atom. The number of carbonyl (C=O) groups excluding carboxylic acids is 3. The van der Waals surface area contributed by atoms with Crippen LogP contribution in [0.25, 0.3) is 0 Å². The molecule has 0 saturated heterocycles. The van der Waals surface area contributed by atoms with Gasteiger partial charge in [0, 0.05) is 23.0 Å². The first kappa shape index (κ1) is 25.3. The van der Waals surface area contributed by atoms with Crippen LogP contribution in [-0.2, 0) is 9.59 Å². The van der Waals surface area contributed by atoms with Crippen LogP contribution in [-0.4, -0.2) is 38.0 Å². The highest BCUT2D eigenvalue weighted by molar-refractivity contribution is 6.00. The normalized spacial score (nSPS) is 10.3. The Hall–Kier alpha value is -4.33. The average Bonchev–Trinajstić information content (AvgIpc) is 2.84. The smallest absolute Gasteiger partial charge is 0.262 e. The lowest BCUT2D eigenvalue weighted by molar-refractivity contribution is -0.118. The Bertz CT molecular complexity index is 1200. The van der Waals surface area contributed by atoms with E-state index in [1.807, 2.05) is 32.9 Å². The molecule has 35 heavy (non-hydrogen) atoms.